The molecule has 140 valence electrons. The predicted molar refractivity (Wildman–Crippen MR) is 83.6 cm³/mol. The Labute approximate surface area is 146 Å². The molecule has 0 aliphatic carbocycles. The molecular weight excluding hydrogens is 353 g/mol. The number of rotatable bonds is 4. The third-order valence-corrected chi connectivity index (χ3v) is 4.23. The van der Waals surface area contributed by atoms with Gasteiger partial charge in [0.2, 0.25) is 0 Å². The summed E-state index contributed by atoms with van der Waals surface area (Å²) in [6, 6.07) is 4.71. The van der Waals surface area contributed by atoms with Gasteiger partial charge < -0.3 is 14.6 Å². The number of amides is 2. The van der Waals surface area contributed by atoms with E-state index in [2.05, 4.69) is 10.2 Å². The largest absolute Gasteiger partial charge is 0.459 e. The summed E-state index contributed by atoms with van der Waals surface area (Å²) in [6.07, 6.45) is -1.73. The van der Waals surface area contributed by atoms with Crippen LogP contribution in [-0.2, 0) is 0 Å². The molecule has 1 aliphatic heterocycles. The Morgan fingerprint density at radius 2 is 2.08 bits per heavy atom. The number of hydrogen-bond donors (Lipinski definition) is 2. The zero-order valence-corrected chi connectivity index (χ0v) is 13.7. The lowest BCUT2D eigenvalue weighted by Gasteiger charge is -2.30. The number of hydrogen-bond acceptors (Lipinski definition) is 4. The van der Waals surface area contributed by atoms with Crippen LogP contribution in [0.3, 0.4) is 0 Å². The van der Waals surface area contributed by atoms with E-state index in [1.165, 1.54) is 12.3 Å². The highest BCUT2D eigenvalue weighted by Gasteiger charge is 2.29. The maximum atomic E-state index is 12.2. The van der Waals surface area contributed by atoms with Crippen LogP contribution in [0.5, 0.6) is 0 Å². The molecule has 3 heterocycles. The molecule has 2 N–H and O–H groups in total. The van der Waals surface area contributed by atoms with Crippen molar-refractivity contribution in [2.75, 3.05) is 19.6 Å². The number of likely N-dealkylation sites (tertiary alicyclic amines) is 1. The summed E-state index contributed by atoms with van der Waals surface area (Å²) in [5, 5.41) is 8.28. The lowest BCUT2D eigenvalue weighted by molar-refractivity contribution is -0.123. The number of carbonyl (C=O) groups excluding carboxylic acids is 2. The number of nitrogens with zero attached hydrogens (tertiary/aromatic N) is 2. The van der Waals surface area contributed by atoms with Crippen molar-refractivity contribution in [2.45, 2.75) is 24.9 Å². The van der Waals surface area contributed by atoms with Crippen LogP contribution in [0.1, 0.15) is 45.5 Å². The van der Waals surface area contributed by atoms with Crippen LogP contribution < -0.4 is 5.32 Å². The highest BCUT2D eigenvalue weighted by Crippen LogP contribution is 2.28. The predicted octanol–water partition coefficient (Wildman–Crippen LogP) is 2.31. The first kappa shape index (κ1) is 18.0. The fourth-order valence-electron chi connectivity index (χ4n) is 2.88. The van der Waals surface area contributed by atoms with Crippen molar-refractivity contribution in [3.8, 4) is 0 Å². The number of furan rings is 1. The molecule has 0 bridgehead atoms. The van der Waals surface area contributed by atoms with Crippen LogP contribution >= 0.6 is 0 Å². The van der Waals surface area contributed by atoms with E-state index in [1.807, 2.05) is 0 Å². The molecule has 1 fully saturated rings. The molecular formula is C16H17F3N4O3. The lowest BCUT2D eigenvalue weighted by atomic mass is 9.93. The molecule has 0 aromatic carbocycles. The molecule has 3 rings (SSSR count). The molecule has 0 radical (unpaired) electrons. The lowest BCUT2D eigenvalue weighted by Crippen LogP contribution is -2.37. The number of aromatic amines is 1. The van der Waals surface area contributed by atoms with E-state index < -0.39 is 18.6 Å². The Kier molecular flexibility index (Phi) is 5.01. The topological polar surface area (TPSA) is 91.2 Å². The molecule has 26 heavy (non-hydrogen) atoms. The Morgan fingerprint density at radius 3 is 2.69 bits per heavy atom. The molecule has 0 unspecified atom stereocenters. The van der Waals surface area contributed by atoms with E-state index >= 15 is 0 Å². The standard InChI is InChI=1S/C16H17F3N4O3/c17-16(18,19)9-20-14(24)12-8-11(21-22-12)10-3-5-23(6-4-10)15(25)13-2-1-7-26-13/h1-2,7-8,10H,3-6,9H2,(H,20,24)(H,21,22). The van der Waals surface area contributed by atoms with E-state index in [1.54, 1.807) is 22.3 Å². The highest BCUT2D eigenvalue weighted by molar-refractivity contribution is 5.92. The average Bonchev–Trinajstić information content (AvgIpc) is 3.30. The van der Waals surface area contributed by atoms with Crippen molar-refractivity contribution < 1.29 is 27.2 Å². The van der Waals surface area contributed by atoms with Crippen molar-refractivity contribution in [3.63, 3.8) is 0 Å². The second kappa shape index (κ2) is 7.22. The first-order valence-corrected chi connectivity index (χ1v) is 8.06. The summed E-state index contributed by atoms with van der Waals surface area (Å²) >= 11 is 0. The summed E-state index contributed by atoms with van der Waals surface area (Å²) in [6.45, 7) is -0.376. The summed E-state index contributed by atoms with van der Waals surface area (Å²) in [5.74, 6) is -0.721. The summed E-state index contributed by atoms with van der Waals surface area (Å²) < 4.78 is 41.6. The van der Waals surface area contributed by atoms with E-state index in [4.69, 9.17) is 4.42 Å². The Hall–Kier alpha value is -2.78. The third-order valence-electron chi connectivity index (χ3n) is 4.23. The van der Waals surface area contributed by atoms with Gasteiger partial charge in [-0.25, -0.2) is 0 Å². The zero-order valence-electron chi connectivity index (χ0n) is 13.7. The Bertz CT molecular complexity index is 762. The van der Waals surface area contributed by atoms with Crippen LogP contribution in [0.2, 0.25) is 0 Å². The zero-order chi connectivity index (χ0) is 18.7. The van der Waals surface area contributed by atoms with Gasteiger partial charge in [-0.15, -0.1) is 0 Å². The van der Waals surface area contributed by atoms with Crippen LogP contribution in [-0.4, -0.2) is 52.7 Å². The van der Waals surface area contributed by atoms with Gasteiger partial charge in [-0.1, -0.05) is 0 Å². The normalized spacial score (nSPS) is 15.9. The quantitative estimate of drug-likeness (QED) is 0.864. The number of piperidine rings is 1. The van der Waals surface area contributed by atoms with Gasteiger partial charge in [-0.05, 0) is 31.0 Å². The van der Waals surface area contributed by atoms with E-state index in [0.717, 1.165) is 0 Å². The average molecular weight is 370 g/mol. The molecule has 1 aliphatic rings. The fourth-order valence-corrected chi connectivity index (χ4v) is 2.88. The van der Waals surface area contributed by atoms with Gasteiger partial charge in [0.15, 0.2) is 5.76 Å². The maximum absolute atomic E-state index is 12.2. The minimum absolute atomic E-state index is 0.0484. The Balaban J connectivity index is 1.54. The maximum Gasteiger partial charge on any atom is 0.405 e. The van der Waals surface area contributed by atoms with E-state index in [9.17, 15) is 22.8 Å². The van der Waals surface area contributed by atoms with Crippen molar-refractivity contribution in [3.05, 3.63) is 41.6 Å². The third kappa shape index (κ3) is 4.24. The summed E-state index contributed by atoms with van der Waals surface area (Å²) in [5.41, 5.74) is 0.589. The molecule has 0 atom stereocenters. The van der Waals surface area contributed by atoms with Crippen molar-refractivity contribution in [2.24, 2.45) is 0 Å². The van der Waals surface area contributed by atoms with Crippen LogP contribution in [0, 0.1) is 0 Å². The minimum atomic E-state index is -4.47. The van der Waals surface area contributed by atoms with Gasteiger partial charge in [0.25, 0.3) is 11.8 Å². The molecule has 1 saturated heterocycles. The van der Waals surface area contributed by atoms with E-state index in [0.29, 0.717) is 31.6 Å². The monoisotopic (exact) mass is 370 g/mol. The number of halogens is 3. The number of aromatic nitrogens is 2. The van der Waals surface area contributed by atoms with Gasteiger partial charge >= 0.3 is 6.18 Å². The smallest absolute Gasteiger partial charge is 0.405 e. The van der Waals surface area contributed by atoms with Crippen LogP contribution in [0.15, 0.2) is 28.9 Å². The van der Waals surface area contributed by atoms with Crippen molar-refractivity contribution in [1.82, 2.24) is 20.4 Å². The fraction of sp³-hybridized carbons (Fsp3) is 0.438. The van der Waals surface area contributed by atoms with Gasteiger partial charge in [-0.3, -0.25) is 14.7 Å². The SMILES string of the molecule is O=C(NCC(F)(F)F)c1cc(C2CCN(C(=O)c3ccco3)CC2)[nH]n1. The van der Waals surface area contributed by atoms with Crippen molar-refractivity contribution >= 4 is 11.8 Å². The summed E-state index contributed by atoms with van der Waals surface area (Å²) in [7, 11) is 0. The van der Waals surface area contributed by atoms with E-state index in [-0.39, 0.29) is 23.3 Å². The molecule has 0 spiro atoms. The van der Waals surface area contributed by atoms with Gasteiger partial charge in [-0.2, -0.15) is 18.3 Å². The molecule has 10 heteroatoms. The minimum Gasteiger partial charge on any atom is -0.459 e. The second-order valence-electron chi connectivity index (χ2n) is 6.05. The first-order chi connectivity index (χ1) is 12.3. The summed E-state index contributed by atoms with van der Waals surface area (Å²) in [4.78, 5) is 25.6. The number of H-pyrrole nitrogens is 1. The van der Waals surface area contributed by atoms with Gasteiger partial charge in [0.1, 0.15) is 12.2 Å². The number of alkyl halides is 3. The second-order valence-corrected chi connectivity index (χ2v) is 6.05. The van der Waals surface area contributed by atoms with Crippen LogP contribution in [0.25, 0.3) is 0 Å². The molecule has 2 aromatic rings. The van der Waals surface area contributed by atoms with Crippen LogP contribution in [0.4, 0.5) is 13.2 Å². The molecule has 0 saturated carbocycles. The van der Waals surface area contributed by atoms with Crippen molar-refractivity contribution in [1.29, 1.82) is 0 Å². The highest BCUT2D eigenvalue weighted by atomic mass is 19.4. The van der Waals surface area contributed by atoms with Gasteiger partial charge in [0.05, 0.1) is 6.26 Å². The number of nitrogens with one attached hydrogen (secondary N) is 2. The molecule has 7 nitrogen and oxygen atoms in total. The Morgan fingerprint density at radius 1 is 1.35 bits per heavy atom. The molecule has 2 amide bonds. The number of carbonyl (C=O) groups is 2. The first-order valence-electron chi connectivity index (χ1n) is 8.06. The molecule has 2 aromatic heterocycles. The van der Waals surface area contributed by atoms with Gasteiger partial charge in [0, 0.05) is 24.7 Å².